The molecule has 0 radical (unpaired) electrons. The van der Waals surface area contributed by atoms with E-state index in [-0.39, 0.29) is 12.5 Å². The summed E-state index contributed by atoms with van der Waals surface area (Å²) in [6.45, 7) is 2.95. The van der Waals surface area contributed by atoms with E-state index >= 15 is 0 Å². The Balaban J connectivity index is 2.27. The van der Waals surface area contributed by atoms with Gasteiger partial charge in [-0.15, -0.1) is 13.2 Å². The molecule has 0 heterocycles. The second-order valence-electron chi connectivity index (χ2n) is 7.17. The molecule has 29 heavy (non-hydrogen) atoms. The van der Waals surface area contributed by atoms with E-state index in [1.165, 1.54) is 13.8 Å². The van der Waals surface area contributed by atoms with Gasteiger partial charge in [0.05, 0.1) is 5.03 Å². The largest absolute Gasteiger partial charge is 0.573 e. The predicted octanol–water partition coefficient (Wildman–Crippen LogP) is 7.00. The van der Waals surface area contributed by atoms with Crippen molar-refractivity contribution in [1.29, 1.82) is 0 Å². The summed E-state index contributed by atoms with van der Waals surface area (Å²) in [5, 5.41) is -1.76. The molecule has 2 unspecified atom stereocenters. The van der Waals surface area contributed by atoms with Crippen LogP contribution in [0.25, 0.3) is 0 Å². The average Bonchev–Trinajstić information content (AvgIpc) is 3.01. The number of allylic oxidation sites excluding steroid dienone is 2. The van der Waals surface area contributed by atoms with E-state index in [1.807, 2.05) is 0 Å². The lowest BCUT2D eigenvalue weighted by Gasteiger charge is -2.18. The van der Waals surface area contributed by atoms with Gasteiger partial charge in [-0.05, 0) is 35.3 Å². The molecule has 0 N–H and O–H groups in total. The fraction of sp³-hybridized carbons (Fsp3) is 0.529. The first kappa shape index (κ1) is 23.6. The topological polar surface area (TPSA) is 9.23 Å². The molecule has 1 nitrogen and oxygen atoms in total. The Morgan fingerprint density at radius 3 is 2.07 bits per heavy atom. The van der Waals surface area contributed by atoms with Gasteiger partial charge in [-0.25, -0.2) is 8.78 Å². The van der Waals surface area contributed by atoms with E-state index in [0.29, 0.717) is 12.1 Å². The number of alkyl halides is 8. The first-order valence-corrected chi connectivity index (χ1v) is 8.31. The van der Waals surface area contributed by atoms with Crippen LogP contribution >= 0.6 is 11.6 Å². The summed E-state index contributed by atoms with van der Waals surface area (Å²) in [5.74, 6) is -11.1. The zero-order valence-corrected chi connectivity index (χ0v) is 15.4. The first-order chi connectivity index (χ1) is 12.9. The molecular formula is C17H13ClF10O. The van der Waals surface area contributed by atoms with Crippen molar-refractivity contribution in [2.24, 2.45) is 17.3 Å². The van der Waals surface area contributed by atoms with Crippen LogP contribution in [0.4, 0.5) is 43.9 Å². The van der Waals surface area contributed by atoms with Gasteiger partial charge in [0.1, 0.15) is 5.82 Å². The lowest BCUT2D eigenvalue weighted by atomic mass is 10.0. The molecule has 0 aliphatic heterocycles. The Kier molecular flexibility index (Phi) is 5.90. The highest BCUT2D eigenvalue weighted by molar-refractivity contribution is 6.30. The highest BCUT2D eigenvalue weighted by Gasteiger charge is 2.62. The smallest absolute Gasteiger partial charge is 0.403 e. The average molecular weight is 459 g/mol. The molecular weight excluding hydrogens is 446 g/mol. The van der Waals surface area contributed by atoms with Crippen molar-refractivity contribution >= 4 is 11.6 Å². The quantitative estimate of drug-likeness (QED) is 0.432. The van der Waals surface area contributed by atoms with Gasteiger partial charge in [0.25, 0.3) is 0 Å². The Labute approximate surface area is 163 Å². The zero-order chi connectivity index (χ0) is 22.6. The van der Waals surface area contributed by atoms with Crippen LogP contribution in [-0.2, 0) is 6.42 Å². The molecule has 2 rings (SSSR count). The summed E-state index contributed by atoms with van der Waals surface area (Å²) in [4.78, 5) is 0. The SMILES string of the molecule is CC1(C)C(C=C(Cl)C(F)(F)C(F)(F)F)C1Cc1cc(OC(F)(F)F)c(F)cc1F. The molecule has 2 atom stereocenters. The van der Waals surface area contributed by atoms with Crippen molar-refractivity contribution in [3.8, 4) is 5.75 Å². The Hall–Kier alpha value is -1.65. The highest BCUT2D eigenvalue weighted by Crippen LogP contribution is 2.62. The van der Waals surface area contributed by atoms with E-state index in [0.717, 1.165) is 0 Å². The second-order valence-corrected chi connectivity index (χ2v) is 7.57. The molecule has 1 fully saturated rings. The van der Waals surface area contributed by atoms with Crippen molar-refractivity contribution < 1.29 is 48.6 Å². The van der Waals surface area contributed by atoms with E-state index in [1.54, 1.807) is 0 Å². The molecule has 0 bridgehead atoms. The Morgan fingerprint density at radius 2 is 1.59 bits per heavy atom. The number of ether oxygens (including phenoxy) is 1. The third-order valence-corrected chi connectivity index (χ3v) is 5.25. The zero-order valence-electron chi connectivity index (χ0n) is 14.7. The van der Waals surface area contributed by atoms with E-state index in [2.05, 4.69) is 4.74 Å². The minimum absolute atomic E-state index is 0.168. The number of rotatable bonds is 5. The van der Waals surface area contributed by atoms with Crippen LogP contribution in [0.1, 0.15) is 19.4 Å². The molecule has 12 heteroatoms. The van der Waals surface area contributed by atoms with Crippen LogP contribution in [-0.4, -0.2) is 18.5 Å². The summed E-state index contributed by atoms with van der Waals surface area (Å²) in [7, 11) is 0. The normalized spacial score (nSPS) is 22.6. The Bertz CT molecular complexity index is 810. The van der Waals surface area contributed by atoms with Gasteiger partial charge in [0, 0.05) is 6.07 Å². The van der Waals surface area contributed by atoms with Crippen LogP contribution in [0, 0.1) is 28.9 Å². The molecule has 0 spiro atoms. The minimum atomic E-state index is -5.91. The van der Waals surface area contributed by atoms with Gasteiger partial charge < -0.3 is 4.74 Å². The fourth-order valence-electron chi connectivity index (χ4n) is 3.07. The van der Waals surface area contributed by atoms with Gasteiger partial charge in [-0.1, -0.05) is 31.5 Å². The lowest BCUT2D eigenvalue weighted by Crippen LogP contribution is -2.36. The van der Waals surface area contributed by atoms with Crippen molar-refractivity contribution in [3.63, 3.8) is 0 Å². The van der Waals surface area contributed by atoms with E-state index < -0.39 is 63.7 Å². The van der Waals surface area contributed by atoms with Gasteiger partial charge >= 0.3 is 18.5 Å². The van der Waals surface area contributed by atoms with Crippen LogP contribution < -0.4 is 4.74 Å². The van der Waals surface area contributed by atoms with E-state index in [9.17, 15) is 43.9 Å². The van der Waals surface area contributed by atoms with Gasteiger partial charge in [0.15, 0.2) is 11.6 Å². The number of benzene rings is 1. The number of halogens is 11. The van der Waals surface area contributed by atoms with Crippen LogP contribution in [0.5, 0.6) is 5.75 Å². The highest BCUT2D eigenvalue weighted by atomic mass is 35.5. The summed E-state index contributed by atoms with van der Waals surface area (Å²) in [6, 6.07) is 0.640. The van der Waals surface area contributed by atoms with Crippen molar-refractivity contribution in [3.05, 3.63) is 40.4 Å². The minimum Gasteiger partial charge on any atom is -0.403 e. The maximum Gasteiger partial charge on any atom is 0.573 e. The molecule has 0 amide bonds. The van der Waals surface area contributed by atoms with Gasteiger partial charge in [-0.3, -0.25) is 0 Å². The van der Waals surface area contributed by atoms with Crippen molar-refractivity contribution in [2.75, 3.05) is 0 Å². The predicted molar refractivity (Wildman–Crippen MR) is 82.4 cm³/mol. The molecule has 1 aliphatic rings. The molecule has 1 aromatic rings. The monoisotopic (exact) mass is 458 g/mol. The van der Waals surface area contributed by atoms with E-state index in [4.69, 9.17) is 11.6 Å². The van der Waals surface area contributed by atoms with Gasteiger partial charge in [0.2, 0.25) is 0 Å². The third-order valence-electron chi connectivity index (χ3n) is 4.89. The fourth-order valence-corrected chi connectivity index (χ4v) is 3.32. The summed E-state index contributed by atoms with van der Waals surface area (Å²) in [5.41, 5.74) is -1.33. The van der Waals surface area contributed by atoms with Gasteiger partial charge in [-0.2, -0.15) is 22.0 Å². The molecule has 1 aliphatic carbocycles. The number of hydrogen-bond acceptors (Lipinski definition) is 1. The summed E-state index contributed by atoms with van der Waals surface area (Å²) >= 11 is 5.16. The second kappa shape index (κ2) is 7.24. The van der Waals surface area contributed by atoms with Crippen molar-refractivity contribution in [1.82, 2.24) is 0 Å². The van der Waals surface area contributed by atoms with Crippen molar-refractivity contribution in [2.45, 2.75) is 38.7 Å². The Morgan fingerprint density at radius 1 is 1.03 bits per heavy atom. The standard InChI is InChI=1S/C17H13ClF10O/c1-14(2)8(9(14)5-13(18)15(21,22)16(23,24)25)3-7-4-12(29-17(26,27)28)11(20)6-10(7)19/h4-6,8-9H,3H2,1-2H3. The lowest BCUT2D eigenvalue weighted by molar-refractivity contribution is -0.275. The molecule has 1 aromatic carbocycles. The molecule has 1 saturated carbocycles. The third kappa shape index (κ3) is 4.92. The molecule has 0 aromatic heterocycles. The summed E-state index contributed by atoms with van der Waals surface area (Å²) < 4.78 is 132. The van der Waals surface area contributed by atoms with Crippen LogP contribution in [0.2, 0.25) is 0 Å². The molecule has 164 valence electrons. The van der Waals surface area contributed by atoms with Crippen LogP contribution in [0.3, 0.4) is 0 Å². The maximum absolute atomic E-state index is 14.0. The maximum atomic E-state index is 14.0. The van der Waals surface area contributed by atoms with Crippen LogP contribution in [0.15, 0.2) is 23.2 Å². The molecule has 0 saturated heterocycles. The number of hydrogen-bond donors (Lipinski definition) is 0. The summed E-state index contributed by atoms with van der Waals surface area (Å²) in [6.07, 6.45) is -11.0. The first-order valence-electron chi connectivity index (χ1n) is 7.94.